The zero-order chi connectivity index (χ0) is 24.1. The van der Waals surface area contributed by atoms with E-state index >= 15 is 0 Å². The predicted octanol–water partition coefficient (Wildman–Crippen LogP) is 2.19. The molecular weight excluding hydrogens is 422 g/mol. The van der Waals surface area contributed by atoms with Crippen LogP contribution in [-0.4, -0.2) is 45.1 Å². The number of hydrogen-bond donors (Lipinski definition) is 1. The smallest absolute Gasteiger partial charge is 0.332 e. The maximum Gasteiger partial charge on any atom is 0.332 e. The van der Waals surface area contributed by atoms with Crippen LogP contribution in [0, 0.1) is 5.92 Å². The van der Waals surface area contributed by atoms with Crippen LogP contribution in [0.25, 0.3) is 11.3 Å². The van der Waals surface area contributed by atoms with E-state index in [4.69, 9.17) is 10.3 Å². The van der Waals surface area contributed by atoms with E-state index in [-0.39, 0.29) is 23.8 Å². The molecule has 2 N–H and O–H groups in total. The minimum Gasteiger partial charge on any atom is -0.384 e. The molecule has 2 aromatic heterocycles. The van der Waals surface area contributed by atoms with Crippen molar-refractivity contribution in [3.8, 4) is 11.3 Å². The maximum absolute atomic E-state index is 12.9. The summed E-state index contributed by atoms with van der Waals surface area (Å²) in [5.41, 5.74) is 6.57. The second-order valence-corrected chi connectivity index (χ2v) is 8.72. The number of likely N-dealkylation sites (N-methyl/N-ethyl adjacent to an activating group) is 1. The zero-order valence-electron chi connectivity index (χ0n) is 19.6. The van der Waals surface area contributed by atoms with E-state index in [9.17, 15) is 14.4 Å². The fourth-order valence-corrected chi connectivity index (χ4v) is 3.69. The molecular formula is C24H31N5O4. The Morgan fingerprint density at radius 2 is 1.91 bits per heavy atom. The molecule has 33 heavy (non-hydrogen) atoms. The predicted molar refractivity (Wildman–Crippen MR) is 127 cm³/mol. The lowest BCUT2D eigenvalue weighted by atomic mass is 10.1. The van der Waals surface area contributed by atoms with Gasteiger partial charge in [-0.2, -0.15) is 0 Å². The number of anilines is 1. The monoisotopic (exact) mass is 453 g/mol. The van der Waals surface area contributed by atoms with Gasteiger partial charge in [0.25, 0.3) is 5.56 Å². The van der Waals surface area contributed by atoms with Crippen LogP contribution < -0.4 is 17.0 Å². The number of benzene rings is 1. The molecule has 0 aliphatic rings. The van der Waals surface area contributed by atoms with Crippen LogP contribution in [0.2, 0.25) is 0 Å². The van der Waals surface area contributed by atoms with Crippen molar-refractivity contribution < 1.29 is 9.32 Å². The number of aryl methyl sites for hydroxylation is 1. The summed E-state index contributed by atoms with van der Waals surface area (Å²) in [6.45, 7) is 4.83. The summed E-state index contributed by atoms with van der Waals surface area (Å²) in [6, 6.07) is 11.7. The lowest BCUT2D eigenvalue weighted by Crippen LogP contribution is -2.44. The molecule has 0 radical (unpaired) electrons. The molecule has 0 saturated carbocycles. The minimum absolute atomic E-state index is 0.0188. The number of carbonyl (C=O) groups is 1. The van der Waals surface area contributed by atoms with Crippen LogP contribution in [0.1, 0.15) is 36.4 Å². The van der Waals surface area contributed by atoms with Crippen molar-refractivity contribution >= 4 is 11.6 Å². The number of nitrogen functional groups attached to an aromatic ring is 1. The summed E-state index contributed by atoms with van der Waals surface area (Å²) >= 11 is 0. The van der Waals surface area contributed by atoms with E-state index < -0.39 is 17.0 Å². The van der Waals surface area contributed by atoms with Crippen molar-refractivity contribution in [2.24, 2.45) is 13.0 Å². The second-order valence-electron chi connectivity index (χ2n) is 8.72. The molecule has 0 bridgehead atoms. The third-order valence-corrected chi connectivity index (χ3v) is 5.41. The quantitative estimate of drug-likeness (QED) is 0.468. The Hall–Kier alpha value is -3.46. The first kappa shape index (κ1) is 24.2. The lowest BCUT2D eigenvalue weighted by Gasteiger charge is -2.18. The molecule has 176 valence electrons. The second kappa shape index (κ2) is 10.4. The fourth-order valence-electron chi connectivity index (χ4n) is 3.69. The number of rotatable bonds is 10. The van der Waals surface area contributed by atoms with Gasteiger partial charge in [0.15, 0.2) is 5.78 Å². The van der Waals surface area contributed by atoms with E-state index in [1.807, 2.05) is 55.1 Å². The molecule has 0 aliphatic heterocycles. The Morgan fingerprint density at radius 3 is 2.58 bits per heavy atom. The van der Waals surface area contributed by atoms with Crippen LogP contribution in [0.4, 0.5) is 5.82 Å². The van der Waals surface area contributed by atoms with Gasteiger partial charge in [0.05, 0.1) is 6.54 Å². The Morgan fingerprint density at radius 1 is 1.21 bits per heavy atom. The Labute approximate surface area is 192 Å². The molecule has 2 heterocycles. The summed E-state index contributed by atoms with van der Waals surface area (Å²) < 4.78 is 7.67. The largest absolute Gasteiger partial charge is 0.384 e. The number of ketones is 1. The average Bonchev–Trinajstić information content (AvgIpc) is 3.25. The Kier molecular flexibility index (Phi) is 7.65. The fraction of sp³-hybridized carbons (Fsp3) is 0.417. The third kappa shape index (κ3) is 5.67. The molecule has 0 saturated heterocycles. The molecule has 0 aliphatic carbocycles. The van der Waals surface area contributed by atoms with Crippen LogP contribution >= 0.6 is 0 Å². The van der Waals surface area contributed by atoms with Gasteiger partial charge < -0.3 is 10.3 Å². The number of hydrogen-bond acceptors (Lipinski definition) is 7. The van der Waals surface area contributed by atoms with Gasteiger partial charge in [-0.1, -0.05) is 49.3 Å². The lowest BCUT2D eigenvalue weighted by molar-refractivity contribution is 0.0943. The molecule has 0 unspecified atom stereocenters. The highest BCUT2D eigenvalue weighted by molar-refractivity contribution is 6.01. The van der Waals surface area contributed by atoms with Crippen molar-refractivity contribution in [3.63, 3.8) is 0 Å². The zero-order valence-corrected chi connectivity index (χ0v) is 19.6. The van der Waals surface area contributed by atoms with E-state index in [1.54, 1.807) is 7.05 Å². The molecule has 1 aromatic carbocycles. The van der Waals surface area contributed by atoms with Gasteiger partial charge in [0, 0.05) is 31.6 Å². The summed E-state index contributed by atoms with van der Waals surface area (Å²) in [4.78, 5) is 39.8. The molecule has 0 amide bonds. The van der Waals surface area contributed by atoms with Gasteiger partial charge in [0.2, 0.25) is 0 Å². The first-order valence-electron chi connectivity index (χ1n) is 11.0. The molecule has 0 atom stereocenters. The SMILES string of the molecule is CC(C)Cn1c(N)c(C(=O)CN(C)CCCc2cc(-c3ccccc3)no2)c(=O)n(C)c1=O. The highest BCUT2D eigenvalue weighted by Gasteiger charge is 2.22. The highest BCUT2D eigenvalue weighted by atomic mass is 16.5. The van der Waals surface area contributed by atoms with Gasteiger partial charge >= 0.3 is 5.69 Å². The van der Waals surface area contributed by atoms with Crippen molar-refractivity contribution in [2.75, 3.05) is 25.9 Å². The van der Waals surface area contributed by atoms with Crippen molar-refractivity contribution in [1.29, 1.82) is 0 Å². The minimum atomic E-state index is -0.661. The first-order chi connectivity index (χ1) is 15.7. The molecule has 3 rings (SSSR count). The summed E-state index contributed by atoms with van der Waals surface area (Å²) in [7, 11) is 3.17. The summed E-state index contributed by atoms with van der Waals surface area (Å²) in [5.74, 6) is 0.434. The van der Waals surface area contributed by atoms with Gasteiger partial charge in [-0.25, -0.2) is 4.79 Å². The maximum atomic E-state index is 12.9. The molecule has 9 heteroatoms. The van der Waals surface area contributed by atoms with E-state index in [0.29, 0.717) is 19.5 Å². The molecule has 9 nitrogen and oxygen atoms in total. The molecule has 0 spiro atoms. The normalized spacial score (nSPS) is 11.5. The van der Waals surface area contributed by atoms with Gasteiger partial charge in [0.1, 0.15) is 22.8 Å². The molecule has 3 aromatic rings. The topological polar surface area (TPSA) is 116 Å². The first-order valence-corrected chi connectivity index (χ1v) is 11.0. The highest BCUT2D eigenvalue weighted by Crippen LogP contribution is 2.19. The van der Waals surface area contributed by atoms with Crippen LogP contribution in [0.15, 0.2) is 50.5 Å². The standard InChI is InChI=1S/C24H31N5O4/c1-16(2)14-29-22(25)21(23(31)28(4)24(29)32)20(30)15-27(3)12-8-11-18-13-19(26-33-18)17-9-6-5-7-10-17/h5-7,9-10,13,16H,8,11-12,14-15,25H2,1-4H3. The average molecular weight is 454 g/mol. The summed E-state index contributed by atoms with van der Waals surface area (Å²) in [5, 5.41) is 4.11. The van der Waals surface area contributed by atoms with Gasteiger partial charge in [-0.15, -0.1) is 0 Å². The number of nitrogens with zero attached hydrogens (tertiary/aromatic N) is 4. The number of carbonyl (C=O) groups excluding carboxylic acids is 1. The van der Waals surface area contributed by atoms with E-state index in [0.717, 1.165) is 28.0 Å². The van der Waals surface area contributed by atoms with Crippen LogP contribution in [0.5, 0.6) is 0 Å². The molecule has 0 fully saturated rings. The number of Topliss-reactive ketones (excluding diaryl/α,β-unsaturated/α-hetero) is 1. The van der Waals surface area contributed by atoms with E-state index in [1.165, 1.54) is 11.6 Å². The van der Waals surface area contributed by atoms with E-state index in [2.05, 4.69) is 5.16 Å². The number of nitrogens with two attached hydrogens (primary N) is 1. The summed E-state index contributed by atoms with van der Waals surface area (Å²) in [6.07, 6.45) is 1.41. The van der Waals surface area contributed by atoms with Crippen molar-refractivity contribution in [3.05, 3.63) is 68.6 Å². The Balaban J connectivity index is 1.62. The third-order valence-electron chi connectivity index (χ3n) is 5.41. The van der Waals surface area contributed by atoms with Crippen molar-refractivity contribution in [2.45, 2.75) is 33.2 Å². The van der Waals surface area contributed by atoms with Crippen LogP contribution in [-0.2, 0) is 20.0 Å². The van der Waals surface area contributed by atoms with Gasteiger partial charge in [-0.3, -0.25) is 23.6 Å². The Bertz CT molecular complexity index is 1220. The van der Waals surface area contributed by atoms with Crippen LogP contribution in [0.3, 0.4) is 0 Å². The van der Waals surface area contributed by atoms with Gasteiger partial charge in [-0.05, 0) is 25.9 Å². The number of aromatic nitrogens is 3. The van der Waals surface area contributed by atoms with Crippen molar-refractivity contribution in [1.82, 2.24) is 19.2 Å².